The molecular weight excluding hydrogens is 586 g/mol. The largest absolute Gasteiger partial charge is 0.497 e. The van der Waals surface area contributed by atoms with Crippen molar-refractivity contribution >= 4 is 29.8 Å². The molecular formula is C32H43N3O10. The van der Waals surface area contributed by atoms with Crippen molar-refractivity contribution in [3.63, 3.8) is 0 Å². The van der Waals surface area contributed by atoms with Crippen LogP contribution in [0.4, 0.5) is 4.79 Å². The summed E-state index contributed by atoms with van der Waals surface area (Å²) >= 11 is 0. The fourth-order valence-electron chi connectivity index (χ4n) is 4.13. The van der Waals surface area contributed by atoms with Gasteiger partial charge in [-0.3, -0.25) is 9.59 Å². The summed E-state index contributed by atoms with van der Waals surface area (Å²) in [5, 5.41) is 26.4. The van der Waals surface area contributed by atoms with Gasteiger partial charge >= 0.3 is 18.0 Å². The van der Waals surface area contributed by atoms with Crippen LogP contribution in [-0.2, 0) is 36.8 Å². The quantitative estimate of drug-likeness (QED) is 0.128. The second-order valence-corrected chi connectivity index (χ2v) is 11.3. The van der Waals surface area contributed by atoms with Crippen LogP contribution >= 0.6 is 0 Å². The lowest BCUT2D eigenvalue weighted by Gasteiger charge is -2.25. The first kappa shape index (κ1) is 36.4. The maximum atomic E-state index is 13.6. The first-order valence-electron chi connectivity index (χ1n) is 14.6. The van der Waals surface area contributed by atoms with E-state index in [2.05, 4.69) is 16.0 Å². The number of carbonyl (C=O) groups is 5. The fourth-order valence-corrected chi connectivity index (χ4v) is 4.13. The van der Waals surface area contributed by atoms with Gasteiger partial charge in [-0.05, 0) is 62.6 Å². The highest BCUT2D eigenvalue weighted by Crippen LogP contribution is 2.17. The van der Waals surface area contributed by atoms with Crippen molar-refractivity contribution in [1.29, 1.82) is 0 Å². The van der Waals surface area contributed by atoms with Gasteiger partial charge in [-0.25, -0.2) is 14.4 Å². The third-order valence-electron chi connectivity index (χ3n) is 6.38. The number of nitrogens with one attached hydrogen (secondary N) is 3. The Morgan fingerprint density at radius 2 is 1.27 bits per heavy atom. The molecule has 2 aromatic carbocycles. The third-order valence-corrected chi connectivity index (χ3v) is 6.38. The second kappa shape index (κ2) is 17.5. The fraction of sp³-hybridized carbons (Fsp3) is 0.469. The van der Waals surface area contributed by atoms with E-state index >= 15 is 0 Å². The lowest BCUT2D eigenvalue weighted by molar-refractivity contribution is -0.159. The minimum Gasteiger partial charge on any atom is -0.497 e. The van der Waals surface area contributed by atoms with Crippen molar-refractivity contribution in [2.75, 3.05) is 13.7 Å². The van der Waals surface area contributed by atoms with Gasteiger partial charge in [0, 0.05) is 19.4 Å². The molecule has 1 unspecified atom stereocenters. The van der Waals surface area contributed by atoms with Gasteiger partial charge in [-0.1, -0.05) is 44.0 Å². The molecule has 0 radical (unpaired) electrons. The predicted octanol–water partition coefficient (Wildman–Crippen LogP) is 3.08. The Balaban J connectivity index is 2.29. The van der Waals surface area contributed by atoms with Gasteiger partial charge in [0.15, 0.2) is 0 Å². The summed E-state index contributed by atoms with van der Waals surface area (Å²) < 4.78 is 15.6. The van der Waals surface area contributed by atoms with Crippen LogP contribution in [0.5, 0.6) is 11.5 Å². The molecule has 0 aliphatic carbocycles. The smallest absolute Gasteiger partial charge is 0.408 e. The van der Waals surface area contributed by atoms with Gasteiger partial charge in [0.2, 0.25) is 11.8 Å². The van der Waals surface area contributed by atoms with E-state index in [9.17, 15) is 24.0 Å². The van der Waals surface area contributed by atoms with Gasteiger partial charge in [0.25, 0.3) is 6.10 Å². The maximum Gasteiger partial charge on any atom is 0.408 e. The molecule has 2 rings (SSSR count). The Morgan fingerprint density at radius 1 is 0.756 bits per heavy atom. The molecule has 0 aromatic heterocycles. The number of methoxy groups -OCH3 is 1. The molecule has 0 spiro atoms. The number of ether oxygens (including phenoxy) is 3. The summed E-state index contributed by atoms with van der Waals surface area (Å²) in [6, 6.07) is 10.7. The third kappa shape index (κ3) is 13.2. The molecule has 0 saturated carbocycles. The van der Waals surface area contributed by atoms with Gasteiger partial charge in [-0.2, -0.15) is 0 Å². The summed E-state index contributed by atoms with van der Waals surface area (Å²) in [6.45, 7) is 7.54. The van der Waals surface area contributed by atoms with Crippen LogP contribution in [0.2, 0.25) is 0 Å². The number of alkyl carbamates (subject to hydrolysis) is 1. The van der Waals surface area contributed by atoms with Gasteiger partial charge < -0.3 is 40.4 Å². The Labute approximate surface area is 262 Å². The van der Waals surface area contributed by atoms with E-state index in [1.807, 2.05) is 6.92 Å². The number of rotatable bonds is 17. The molecule has 0 aliphatic rings. The molecule has 0 aliphatic heterocycles. The van der Waals surface area contributed by atoms with Crippen LogP contribution in [0.1, 0.15) is 58.1 Å². The summed E-state index contributed by atoms with van der Waals surface area (Å²) in [7, 11) is 1.53. The van der Waals surface area contributed by atoms with Crippen molar-refractivity contribution in [1.82, 2.24) is 16.0 Å². The van der Waals surface area contributed by atoms with E-state index in [4.69, 9.17) is 24.4 Å². The molecule has 13 heteroatoms. The molecule has 45 heavy (non-hydrogen) atoms. The van der Waals surface area contributed by atoms with E-state index in [-0.39, 0.29) is 18.6 Å². The van der Waals surface area contributed by atoms with E-state index in [0.717, 1.165) is 24.8 Å². The standard InChI is InChI=1S/C32H43N3O10/c1-6-7-8-17-33-27(36)24(18-21-11-15-23(16-12-21)44-26(29(38)39)30(40)41)34-28(37)25(35-31(42)45-32(2,3)4)19-20-9-13-22(43-5)14-10-20/h9-16,24-26H,6-8,17-19H2,1-5H3,(H,33,36)(H,34,37)(H,35,42)(H,38,39)(H,40,41)/t24?,25-/m0/s1. The number of hydrogen-bond donors (Lipinski definition) is 5. The van der Waals surface area contributed by atoms with Crippen LogP contribution < -0.4 is 25.4 Å². The number of unbranched alkanes of at least 4 members (excludes halogenated alkanes) is 2. The number of hydrogen-bond acceptors (Lipinski definition) is 8. The molecule has 246 valence electrons. The van der Waals surface area contributed by atoms with Crippen molar-refractivity contribution in [3.05, 3.63) is 59.7 Å². The molecule has 5 N–H and O–H groups in total. The van der Waals surface area contributed by atoms with Crippen molar-refractivity contribution in [3.8, 4) is 11.5 Å². The highest BCUT2D eigenvalue weighted by Gasteiger charge is 2.30. The molecule has 2 aromatic rings. The molecule has 3 amide bonds. The van der Waals surface area contributed by atoms with Crippen LogP contribution in [0, 0.1) is 0 Å². The number of carbonyl (C=O) groups excluding carboxylic acids is 3. The SMILES string of the molecule is CCCCCNC(=O)C(Cc1ccc(OC(C(=O)O)C(=O)O)cc1)NC(=O)[C@H](Cc1ccc(OC)cc1)NC(=O)OC(C)(C)C. The van der Waals surface area contributed by atoms with Gasteiger partial charge in [0.05, 0.1) is 7.11 Å². The number of aliphatic carboxylic acids is 2. The van der Waals surface area contributed by atoms with Crippen molar-refractivity contribution < 1.29 is 48.4 Å². The Morgan fingerprint density at radius 3 is 1.73 bits per heavy atom. The van der Waals surface area contributed by atoms with Crippen LogP contribution in [0.15, 0.2) is 48.5 Å². The summed E-state index contributed by atoms with van der Waals surface area (Å²) in [4.78, 5) is 61.9. The zero-order valence-electron chi connectivity index (χ0n) is 26.3. The lowest BCUT2D eigenvalue weighted by Crippen LogP contribution is -2.55. The number of carboxylic acids is 2. The topological polar surface area (TPSA) is 190 Å². The maximum absolute atomic E-state index is 13.6. The van der Waals surface area contributed by atoms with E-state index in [1.165, 1.54) is 31.4 Å². The normalized spacial score (nSPS) is 12.4. The minimum atomic E-state index is -2.09. The van der Waals surface area contributed by atoms with Crippen molar-refractivity contribution in [2.24, 2.45) is 0 Å². The Hall–Kier alpha value is -4.81. The molecule has 2 atom stereocenters. The first-order chi connectivity index (χ1) is 21.2. The van der Waals surface area contributed by atoms with Crippen LogP contribution in [0.25, 0.3) is 0 Å². The number of benzene rings is 2. The Kier molecular flexibility index (Phi) is 14.1. The summed E-state index contributed by atoms with van der Waals surface area (Å²) in [5.41, 5.74) is 0.492. The zero-order chi connectivity index (χ0) is 33.6. The van der Waals surface area contributed by atoms with Crippen molar-refractivity contribution in [2.45, 2.75) is 83.6 Å². The highest BCUT2D eigenvalue weighted by atomic mass is 16.6. The summed E-state index contributed by atoms with van der Waals surface area (Å²) in [6.07, 6.45) is -0.127. The Bertz CT molecular complexity index is 1280. The molecule has 13 nitrogen and oxygen atoms in total. The van der Waals surface area contributed by atoms with E-state index in [0.29, 0.717) is 17.9 Å². The van der Waals surface area contributed by atoms with Gasteiger partial charge in [0.1, 0.15) is 29.2 Å². The zero-order valence-corrected chi connectivity index (χ0v) is 26.3. The second-order valence-electron chi connectivity index (χ2n) is 11.3. The minimum absolute atomic E-state index is 0.000677. The average Bonchev–Trinajstić information content (AvgIpc) is 2.97. The van der Waals surface area contributed by atoms with E-state index in [1.54, 1.807) is 45.0 Å². The first-order valence-corrected chi connectivity index (χ1v) is 14.6. The van der Waals surface area contributed by atoms with E-state index < -0.39 is 53.6 Å². The molecule has 0 saturated heterocycles. The predicted molar refractivity (Wildman–Crippen MR) is 164 cm³/mol. The lowest BCUT2D eigenvalue weighted by atomic mass is 10.0. The summed E-state index contributed by atoms with van der Waals surface area (Å²) in [5.74, 6) is -3.73. The molecule has 0 bridgehead atoms. The number of carboxylic acid groups (broad SMARTS) is 2. The van der Waals surface area contributed by atoms with Gasteiger partial charge in [-0.15, -0.1) is 0 Å². The monoisotopic (exact) mass is 629 g/mol. The molecule has 0 fully saturated rings. The number of amides is 3. The molecule has 0 heterocycles. The van der Waals surface area contributed by atoms with Crippen LogP contribution in [-0.4, -0.2) is 77.5 Å². The highest BCUT2D eigenvalue weighted by molar-refractivity contribution is 5.96. The van der Waals surface area contributed by atoms with Crippen LogP contribution in [0.3, 0.4) is 0 Å². The average molecular weight is 630 g/mol.